The van der Waals surface area contributed by atoms with Crippen molar-refractivity contribution in [3.8, 4) is 5.75 Å². The third-order valence-electron chi connectivity index (χ3n) is 4.24. The van der Waals surface area contributed by atoms with E-state index < -0.39 is 0 Å². The third-order valence-corrected chi connectivity index (χ3v) is 4.24. The maximum atomic E-state index is 6.49. The van der Waals surface area contributed by atoms with Gasteiger partial charge in [0.25, 0.3) is 0 Å². The normalized spacial score (nSPS) is 19.6. The second kappa shape index (κ2) is 7.04. The number of rotatable bonds is 6. The van der Waals surface area contributed by atoms with E-state index >= 15 is 0 Å². The first kappa shape index (κ1) is 15.3. The fraction of sp³-hybridized carbons (Fsp3) is 0.688. The van der Waals surface area contributed by atoms with Crippen molar-refractivity contribution in [2.24, 2.45) is 5.73 Å². The minimum atomic E-state index is -0.247. The fourth-order valence-corrected chi connectivity index (χ4v) is 3.00. The summed E-state index contributed by atoms with van der Waals surface area (Å²) in [6, 6.07) is 1.85. The molecule has 1 saturated carbocycles. The van der Waals surface area contributed by atoms with Gasteiger partial charge in [-0.25, -0.2) is 0 Å². The van der Waals surface area contributed by atoms with Crippen LogP contribution in [0.4, 0.5) is 0 Å². The van der Waals surface area contributed by atoms with Crippen LogP contribution in [0.15, 0.2) is 18.5 Å². The molecule has 1 fully saturated rings. The molecule has 2 rings (SSSR count). The second-order valence-corrected chi connectivity index (χ2v) is 5.61. The Kier molecular flexibility index (Phi) is 5.38. The van der Waals surface area contributed by atoms with Gasteiger partial charge >= 0.3 is 0 Å². The summed E-state index contributed by atoms with van der Waals surface area (Å²) in [5, 5.41) is 0. The van der Waals surface area contributed by atoms with Crippen LogP contribution in [0.1, 0.15) is 57.1 Å². The van der Waals surface area contributed by atoms with E-state index in [-0.39, 0.29) is 11.6 Å². The zero-order chi connectivity index (χ0) is 14.4. The standard InChI is InChI=1S/C16H26N2O2/c1-3-9-20-14-10-13(11-18-12-14)15(17)16(19-2)7-5-4-6-8-16/h10-12,15H,3-9,17H2,1-2H3. The molecular formula is C16H26N2O2. The maximum Gasteiger partial charge on any atom is 0.137 e. The molecule has 1 heterocycles. The molecule has 1 atom stereocenters. The predicted octanol–water partition coefficient (Wildman–Crippen LogP) is 3.22. The lowest BCUT2D eigenvalue weighted by Gasteiger charge is -2.40. The molecule has 1 aromatic heterocycles. The highest BCUT2D eigenvalue weighted by Gasteiger charge is 2.39. The number of aromatic nitrogens is 1. The van der Waals surface area contributed by atoms with Gasteiger partial charge in [-0.05, 0) is 30.9 Å². The van der Waals surface area contributed by atoms with Gasteiger partial charge in [0.05, 0.1) is 24.4 Å². The molecule has 0 amide bonds. The van der Waals surface area contributed by atoms with Crippen LogP contribution in [-0.4, -0.2) is 24.3 Å². The minimum Gasteiger partial charge on any atom is -0.492 e. The summed E-state index contributed by atoms with van der Waals surface area (Å²) >= 11 is 0. The van der Waals surface area contributed by atoms with E-state index in [2.05, 4.69) is 11.9 Å². The number of methoxy groups -OCH3 is 1. The molecule has 1 aliphatic rings. The molecule has 0 aromatic carbocycles. The van der Waals surface area contributed by atoms with Gasteiger partial charge in [0.1, 0.15) is 5.75 Å². The number of ether oxygens (including phenoxy) is 2. The molecule has 112 valence electrons. The van der Waals surface area contributed by atoms with Gasteiger partial charge in [-0.1, -0.05) is 26.2 Å². The molecule has 4 nitrogen and oxygen atoms in total. The van der Waals surface area contributed by atoms with Gasteiger partial charge in [-0.15, -0.1) is 0 Å². The van der Waals surface area contributed by atoms with Crippen LogP contribution in [-0.2, 0) is 4.74 Å². The van der Waals surface area contributed by atoms with Crippen molar-refractivity contribution in [3.63, 3.8) is 0 Å². The number of nitrogens with two attached hydrogens (primary N) is 1. The number of hydrogen-bond donors (Lipinski definition) is 1. The highest BCUT2D eigenvalue weighted by Crippen LogP contribution is 2.40. The van der Waals surface area contributed by atoms with Crippen molar-refractivity contribution in [1.82, 2.24) is 4.98 Å². The lowest BCUT2D eigenvalue weighted by Crippen LogP contribution is -2.44. The highest BCUT2D eigenvalue weighted by molar-refractivity contribution is 5.28. The van der Waals surface area contributed by atoms with Crippen molar-refractivity contribution < 1.29 is 9.47 Å². The second-order valence-electron chi connectivity index (χ2n) is 5.61. The summed E-state index contributed by atoms with van der Waals surface area (Å²) in [6.07, 6.45) is 10.2. The van der Waals surface area contributed by atoms with Crippen molar-refractivity contribution in [1.29, 1.82) is 0 Å². The van der Waals surface area contributed by atoms with E-state index in [4.69, 9.17) is 15.2 Å². The number of hydrogen-bond acceptors (Lipinski definition) is 4. The van der Waals surface area contributed by atoms with Crippen LogP contribution < -0.4 is 10.5 Å². The Labute approximate surface area is 121 Å². The van der Waals surface area contributed by atoms with Crippen molar-refractivity contribution in [3.05, 3.63) is 24.0 Å². The van der Waals surface area contributed by atoms with Crippen LogP contribution in [0.2, 0.25) is 0 Å². The molecule has 20 heavy (non-hydrogen) atoms. The Morgan fingerprint density at radius 2 is 2.05 bits per heavy atom. The molecule has 0 bridgehead atoms. The summed E-state index contributed by atoms with van der Waals surface area (Å²) in [7, 11) is 1.77. The molecule has 0 saturated heterocycles. The largest absolute Gasteiger partial charge is 0.492 e. The summed E-state index contributed by atoms with van der Waals surface area (Å²) in [5.41, 5.74) is 7.25. The summed E-state index contributed by atoms with van der Waals surface area (Å²) in [5.74, 6) is 0.793. The first-order valence-electron chi connectivity index (χ1n) is 7.60. The molecule has 2 N–H and O–H groups in total. The van der Waals surface area contributed by atoms with E-state index in [9.17, 15) is 0 Å². The topological polar surface area (TPSA) is 57.4 Å². The third kappa shape index (κ3) is 3.30. The lowest BCUT2D eigenvalue weighted by atomic mass is 9.77. The Bertz CT molecular complexity index is 417. The van der Waals surface area contributed by atoms with E-state index in [1.165, 1.54) is 19.3 Å². The Hall–Kier alpha value is -1.13. The number of nitrogens with zero attached hydrogens (tertiary/aromatic N) is 1. The van der Waals surface area contributed by atoms with Crippen LogP contribution in [0.5, 0.6) is 5.75 Å². The summed E-state index contributed by atoms with van der Waals surface area (Å²) in [4.78, 5) is 4.26. The van der Waals surface area contributed by atoms with Gasteiger partial charge in [0.2, 0.25) is 0 Å². The lowest BCUT2D eigenvalue weighted by molar-refractivity contribution is -0.0596. The summed E-state index contributed by atoms with van der Waals surface area (Å²) in [6.45, 7) is 2.79. The van der Waals surface area contributed by atoms with E-state index in [0.717, 1.165) is 30.6 Å². The smallest absolute Gasteiger partial charge is 0.137 e. The molecule has 0 radical (unpaired) electrons. The van der Waals surface area contributed by atoms with Crippen molar-refractivity contribution in [2.45, 2.75) is 57.1 Å². The van der Waals surface area contributed by atoms with E-state index in [1.54, 1.807) is 13.3 Å². The zero-order valence-corrected chi connectivity index (χ0v) is 12.6. The first-order valence-corrected chi connectivity index (χ1v) is 7.60. The van der Waals surface area contributed by atoms with Gasteiger partial charge in [-0.2, -0.15) is 0 Å². The molecule has 4 heteroatoms. The van der Waals surface area contributed by atoms with Gasteiger partial charge in [0, 0.05) is 13.3 Å². The molecule has 1 unspecified atom stereocenters. The Morgan fingerprint density at radius 1 is 1.30 bits per heavy atom. The average Bonchev–Trinajstić information content (AvgIpc) is 2.53. The molecule has 0 aliphatic heterocycles. The zero-order valence-electron chi connectivity index (χ0n) is 12.6. The van der Waals surface area contributed by atoms with Gasteiger partial charge < -0.3 is 15.2 Å². The van der Waals surface area contributed by atoms with Gasteiger partial charge in [-0.3, -0.25) is 4.98 Å². The first-order chi connectivity index (χ1) is 9.72. The van der Waals surface area contributed by atoms with Crippen molar-refractivity contribution in [2.75, 3.05) is 13.7 Å². The SMILES string of the molecule is CCCOc1cncc(C(N)C2(OC)CCCCC2)c1. The van der Waals surface area contributed by atoms with Gasteiger partial charge in [0.15, 0.2) is 0 Å². The molecule has 1 aliphatic carbocycles. The Morgan fingerprint density at radius 3 is 2.70 bits per heavy atom. The van der Waals surface area contributed by atoms with Crippen LogP contribution in [0, 0.1) is 0 Å². The number of pyridine rings is 1. The van der Waals surface area contributed by atoms with Crippen molar-refractivity contribution >= 4 is 0 Å². The van der Waals surface area contributed by atoms with E-state index in [1.807, 2.05) is 12.3 Å². The minimum absolute atomic E-state index is 0.148. The average molecular weight is 278 g/mol. The highest BCUT2D eigenvalue weighted by atomic mass is 16.5. The summed E-state index contributed by atoms with van der Waals surface area (Å²) < 4.78 is 11.5. The van der Waals surface area contributed by atoms with Crippen LogP contribution in [0.3, 0.4) is 0 Å². The maximum absolute atomic E-state index is 6.49. The Balaban J connectivity index is 2.16. The fourth-order valence-electron chi connectivity index (χ4n) is 3.00. The monoisotopic (exact) mass is 278 g/mol. The molecule has 0 spiro atoms. The quantitative estimate of drug-likeness (QED) is 0.868. The predicted molar refractivity (Wildman–Crippen MR) is 79.8 cm³/mol. The molecular weight excluding hydrogens is 252 g/mol. The van der Waals surface area contributed by atoms with Crippen LogP contribution in [0.25, 0.3) is 0 Å². The van der Waals surface area contributed by atoms with E-state index in [0.29, 0.717) is 6.61 Å². The molecule has 1 aromatic rings. The van der Waals surface area contributed by atoms with Crippen LogP contribution >= 0.6 is 0 Å².